The van der Waals surface area contributed by atoms with Crippen LogP contribution in [-0.2, 0) is 0 Å². The first kappa shape index (κ1) is 22.4. The quantitative estimate of drug-likeness (QED) is 0.432. The second-order valence-corrected chi connectivity index (χ2v) is 7.82. The van der Waals surface area contributed by atoms with E-state index in [4.69, 9.17) is 0 Å². The van der Waals surface area contributed by atoms with Crippen LogP contribution in [0, 0.1) is 23.4 Å². The summed E-state index contributed by atoms with van der Waals surface area (Å²) in [6.07, 6.45) is -0.0489. The van der Waals surface area contributed by atoms with E-state index in [1.807, 2.05) is 0 Å². The number of ether oxygens (including phenoxy) is 1. The van der Waals surface area contributed by atoms with Gasteiger partial charge in [0, 0.05) is 5.56 Å². The van der Waals surface area contributed by atoms with Gasteiger partial charge in [0.1, 0.15) is 5.82 Å². The molecule has 164 valence electrons. The van der Waals surface area contributed by atoms with Gasteiger partial charge in [-0.3, -0.25) is 0 Å². The molecule has 0 radical (unpaired) electrons. The normalized spacial score (nSPS) is 19.9. The highest BCUT2D eigenvalue weighted by atomic mass is 19.3. The zero-order chi connectivity index (χ0) is 22.1. The summed E-state index contributed by atoms with van der Waals surface area (Å²) in [4.78, 5) is 0. The minimum atomic E-state index is -4.56. The predicted molar refractivity (Wildman–Crippen MR) is 98.6 cm³/mol. The smallest absolute Gasteiger partial charge is 0.340 e. The maximum atomic E-state index is 14.7. The summed E-state index contributed by atoms with van der Waals surface area (Å²) in [7, 11) is 0. The lowest BCUT2D eigenvalue weighted by Gasteiger charge is -2.26. The van der Waals surface area contributed by atoms with Gasteiger partial charge in [0.15, 0.2) is 24.0 Å². The molecule has 3 rings (SSSR count). The molecule has 0 aromatic heterocycles. The first-order valence-electron chi connectivity index (χ1n) is 9.66. The molecule has 0 aliphatic heterocycles. The van der Waals surface area contributed by atoms with Crippen molar-refractivity contribution in [1.29, 1.82) is 0 Å². The Morgan fingerprint density at radius 2 is 1.53 bits per heavy atom. The molecule has 0 N–H and O–H groups in total. The molecule has 1 nitrogen and oxygen atoms in total. The molecule has 0 amide bonds. The molecule has 8 heteroatoms. The fraction of sp³-hybridized carbons (Fsp3) is 0.455. The minimum absolute atomic E-state index is 0.0646. The Kier molecular flexibility index (Phi) is 6.62. The maximum Gasteiger partial charge on any atom is 0.340 e. The minimum Gasteiger partial charge on any atom is -0.481 e. The maximum absolute atomic E-state index is 14.7. The first-order valence-corrected chi connectivity index (χ1v) is 9.66. The molecule has 0 bridgehead atoms. The van der Waals surface area contributed by atoms with Gasteiger partial charge in [0.25, 0.3) is 0 Å². The van der Waals surface area contributed by atoms with E-state index < -0.39 is 42.2 Å². The third-order valence-corrected chi connectivity index (χ3v) is 5.52. The Labute approximate surface area is 169 Å². The Bertz CT molecular complexity index is 866. The molecule has 0 saturated heterocycles. The average molecular weight is 434 g/mol. The number of hydrogen-bond acceptors (Lipinski definition) is 1. The number of benzene rings is 2. The predicted octanol–water partition coefficient (Wildman–Crippen LogP) is 7.34. The highest BCUT2D eigenvalue weighted by molar-refractivity contribution is 5.66. The van der Waals surface area contributed by atoms with Crippen LogP contribution in [0.5, 0.6) is 5.75 Å². The Morgan fingerprint density at radius 3 is 2.07 bits per heavy atom. The summed E-state index contributed by atoms with van der Waals surface area (Å²) in [5.41, 5.74) is 0.600. The lowest BCUT2D eigenvalue weighted by molar-refractivity contribution is -0.148. The number of rotatable bonds is 6. The summed E-state index contributed by atoms with van der Waals surface area (Å²) >= 11 is 0. The van der Waals surface area contributed by atoms with Crippen LogP contribution in [0.15, 0.2) is 30.3 Å². The Hall–Kier alpha value is -2.25. The van der Waals surface area contributed by atoms with E-state index in [0.29, 0.717) is 5.92 Å². The summed E-state index contributed by atoms with van der Waals surface area (Å²) in [5.74, 6) is -8.35. The molecule has 2 aromatic rings. The molecule has 1 aliphatic rings. The lowest BCUT2D eigenvalue weighted by Crippen LogP contribution is -2.34. The van der Waals surface area contributed by atoms with Crippen molar-refractivity contribution in [1.82, 2.24) is 0 Å². The van der Waals surface area contributed by atoms with Crippen LogP contribution in [0.2, 0.25) is 0 Å². The second kappa shape index (κ2) is 8.86. The highest BCUT2D eigenvalue weighted by Gasteiger charge is 2.42. The van der Waals surface area contributed by atoms with Crippen LogP contribution in [0.1, 0.15) is 44.1 Å². The van der Waals surface area contributed by atoms with Crippen molar-refractivity contribution in [2.75, 3.05) is 6.61 Å². The van der Waals surface area contributed by atoms with Gasteiger partial charge in [-0.1, -0.05) is 31.9 Å². The molecule has 0 heterocycles. The van der Waals surface area contributed by atoms with E-state index in [1.165, 1.54) is 12.1 Å². The van der Waals surface area contributed by atoms with E-state index in [1.54, 1.807) is 6.07 Å². The molecule has 30 heavy (non-hydrogen) atoms. The van der Waals surface area contributed by atoms with Gasteiger partial charge in [-0.15, -0.1) is 0 Å². The largest absolute Gasteiger partial charge is 0.481 e. The monoisotopic (exact) mass is 434 g/mol. The summed E-state index contributed by atoms with van der Waals surface area (Å²) in [6, 6.07) is 5.92. The molecule has 1 aliphatic carbocycles. The Balaban J connectivity index is 1.81. The number of halogens is 7. The summed E-state index contributed by atoms with van der Waals surface area (Å²) in [5, 5.41) is 0. The van der Waals surface area contributed by atoms with Crippen LogP contribution in [-0.4, -0.2) is 19.0 Å². The lowest BCUT2D eigenvalue weighted by atomic mass is 9.79. The van der Waals surface area contributed by atoms with E-state index in [0.717, 1.165) is 43.4 Å². The average Bonchev–Trinajstić information content (AvgIpc) is 2.67. The summed E-state index contributed by atoms with van der Waals surface area (Å²) in [6.45, 7) is 0.284. The number of hydrogen-bond donors (Lipinski definition) is 0. The van der Waals surface area contributed by atoms with Crippen molar-refractivity contribution >= 4 is 0 Å². The van der Waals surface area contributed by atoms with Gasteiger partial charge in [-0.25, -0.2) is 22.0 Å². The van der Waals surface area contributed by atoms with Crippen molar-refractivity contribution in [3.63, 3.8) is 0 Å². The zero-order valence-electron chi connectivity index (χ0n) is 16.2. The van der Waals surface area contributed by atoms with E-state index in [2.05, 4.69) is 11.7 Å². The van der Waals surface area contributed by atoms with Gasteiger partial charge < -0.3 is 4.74 Å². The molecule has 0 atom stereocenters. The van der Waals surface area contributed by atoms with Crippen LogP contribution in [0.25, 0.3) is 11.1 Å². The van der Waals surface area contributed by atoms with Crippen molar-refractivity contribution in [2.24, 2.45) is 5.92 Å². The van der Waals surface area contributed by atoms with E-state index >= 15 is 0 Å². The van der Waals surface area contributed by atoms with Crippen LogP contribution < -0.4 is 4.74 Å². The summed E-state index contributed by atoms with van der Waals surface area (Å²) < 4.78 is 97.5. The highest BCUT2D eigenvalue weighted by Crippen LogP contribution is 2.38. The van der Waals surface area contributed by atoms with Gasteiger partial charge >= 0.3 is 12.3 Å². The van der Waals surface area contributed by atoms with Crippen molar-refractivity contribution in [2.45, 2.75) is 50.9 Å². The number of alkyl halides is 4. The standard InChI is InChI=1S/C22H21F7O/c1-12-2-4-13(5-3-12)14-6-7-16(17(23)8-14)15-9-18(24)20(19(25)10-15)30-11-22(28,29)21(26)27/h6-10,12-13,21H,2-5,11H2,1H3. The SMILES string of the molecule is CC1CCC(c2ccc(-c3cc(F)c(OCC(F)(F)C(F)F)c(F)c3)c(F)c2)CC1. The van der Waals surface area contributed by atoms with Crippen LogP contribution >= 0.6 is 0 Å². The molecule has 0 unspecified atom stereocenters. The molecule has 2 aromatic carbocycles. The molecule has 1 fully saturated rings. The Morgan fingerprint density at radius 1 is 0.933 bits per heavy atom. The third-order valence-electron chi connectivity index (χ3n) is 5.52. The van der Waals surface area contributed by atoms with E-state index in [9.17, 15) is 30.7 Å². The van der Waals surface area contributed by atoms with Gasteiger partial charge in [0.2, 0.25) is 0 Å². The molecule has 0 spiro atoms. The topological polar surface area (TPSA) is 9.23 Å². The molecular weight excluding hydrogens is 413 g/mol. The third kappa shape index (κ3) is 4.90. The van der Waals surface area contributed by atoms with Crippen molar-refractivity contribution in [3.05, 3.63) is 53.3 Å². The first-order chi connectivity index (χ1) is 14.1. The van der Waals surface area contributed by atoms with E-state index in [-0.39, 0.29) is 17.0 Å². The van der Waals surface area contributed by atoms with Gasteiger partial charge in [-0.05, 0) is 54.0 Å². The second-order valence-electron chi connectivity index (χ2n) is 7.82. The molecule has 1 saturated carbocycles. The molecular formula is C22H21F7O. The van der Waals surface area contributed by atoms with Gasteiger partial charge in [0.05, 0.1) is 0 Å². The van der Waals surface area contributed by atoms with Crippen LogP contribution in [0.4, 0.5) is 30.7 Å². The fourth-order valence-corrected chi connectivity index (χ4v) is 3.70. The fourth-order valence-electron chi connectivity index (χ4n) is 3.70. The van der Waals surface area contributed by atoms with Gasteiger partial charge in [-0.2, -0.15) is 8.78 Å². The van der Waals surface area contributed by atoms with Crippen LogP contribution in [0.3, 0.4) is 0 Å². The van der Waals surface area contributed by atoms with Crippen molar-refractivity contribution < 1.29 is 35.5 Å². The zero-order valence-corrected chi connectivity index (χ0v) is 16.2. The van der Waals surface area contributed by atoms with Crippen molar-refractivity contribution in [3.8, 4) is 16.9 Å².